The van der Waals surface area contributed by atoms with Gasteiger partial charge in [0.2, 0.25) is 0 Å². The highest BCUT2D eigenvalue weighted by Gasteiger charge is 2.65. The van der Waals surface area contributed by atoms with E-state index in [1.54, 1.807) is 7.11 Å². The van der Waals surface area contributed by atoms with Crippen LogP contribution in [0.15, 0.2) is 18.2 Å². The number of ketones is 1. The van der Waals surface area contributed by atoms with Crippen LogP contribution in [0.25, 0.3) is 0 Å². The fraction of sp³-hybridized carbons (Fsp3) is 0.696. The molecule has 4 aliphatic rings. The van der Waals surface area contributed by atoms with Crippen LogP contribution in [0.4, 0.5) is 0 Å². The molecule has 0 N–H and O–H groups in total. The Balaban J connectivity index is 1.61. The molecule has 1 saturated carbocycles. The second-order valence-corrected chi connectivity index (χ2v) is 9.01. The molecule has 2 aliphatic heterocycles. The number of nitrogens with zero attached hydrogens (tertiary/aromatic N) is 1. The number of benzene rings is 1. The molecule has 0 aromatic heterocycles. The zero-order valence-electron chi connectivity index (χ0n) is 17.0. The molecular formula is C23H31NO4. The Kier molecular flexibility index (Phi) is 4.53. The largest absolute Gasteiger partial charge is 0.497 e. The number of ether oxygens (including phenoxy) is 3. The van der Waals surface area contributed by atoms with Crippen LogP contribution < -0.4 is 4.74 Å². The Labute approximate surface area is 167 Å². The van der Waals surface area contributed by atoms with Gasteiger partial charge in [0.15, 0.2) is 0 Å². The van der Waals surface area contributed by atoms with E-state index in [0.29, 0.717) is 30.8 Å². The van der Waals surface area contributed by atoms with Gasteiger partial charge in [0.1, 0.15) is 11.5 Å². The Morgan fingerprint density at radius 1 is 1.29 bits per heavy atom. The number of hydrogen-bond acceptors (Lipinski definition) is 5. The molecule has 0 spiro atoms. The van der Waals surface area contributed by atoms with Gasteiger partial charge in [0.05, 0.1) is 18.8 Å². The first kappa shape index (κ1) is 18.6. The van der Waals surface area contributed by atoms with Crippen LogP contribution in [-0.2, 0) is 26.1 Å². The van der Waals surface area contributed by atoms with Crippen molar-refractivity contribution in [1.82, 2.24) is 4.90 Å². The SMILES string of the molecule is COc1ccc2c(c1)[C@]13CCN(CC4CCCO4)[C@H](C2)C1(OC)CCC(=O)C3. The van der Waals surface area contributed by atoms with Gasteiger partial charge in [-0.3, -0.25) is 9.69 Å². The minimum Gasteiger partial charge on any atom is -0.497 e. The summed E-state index contributed by atoms with van der Waals surface area (Å²) in [6, 6.07) is 6.73. The number of hydrogen-bond donors (Lipinski definition) is 0. The molecule has 2 bridgehead atoms. The number of carbonyl (C=O) groups is 1. The van der Waals surface area contributed by atoms with Crippen molar-refractivity contribution < 1.29 is 19.0 Å². The summed E-state index contributed by atoms with van der Waals surface area (Å²) in [5.74, 6) is 1.24. The van der Waals surface area contributed by atoms with Crippen molar-refractivity contribution in [2.45, 2.75) is 68.1 Å². The van der Waals surface area contributed by atoms with E-state index < -0.39 is 0 Å². The first-order valence-corrected chi connectivity index (χ1v) is 10.7. The topological polar surface area (TPSA) is 48.0 Å². The second kappa shape index (κ2) is 6.82. The van der Waals surface area contributed by atoms with E-state index in [-0.39, 0.29) is 11.0 Å². The number of rotatable bonds is 4. The maximum absolute atomic E-state index is 12.7. The third-order valence-corrected chi connectivity index (χ3v) is 7.96. The van der Waals surface area contributed by atoms with Gasteiger partial charge in [-0.2, -0.15) is 0 Å². The van der Waals surface area contributed by atoms with Crippen LogP contribution in [0, 0.1) is 0 Å². The third kappa shape index (κ3) is 2.52. The zero-order chi connectivity index (χ0) is 19.4. The van der Waals surface area contributed by atoms with E-state index in [4.69, 9.17) is 14.2 Å². The third-order valence-electron chi connectivity index (χ3n) is 7.96. The first-order valence-electron chi connectivity index (χ1n) is 10.7. The zero-order valence-corrected chi connectivity index (χ0v) is 17.0. The molecule has 5 nitrogen and oxygen atoms in total. The summed E-state index contributed by atoms with van der Waals surface area (Å²) in [6.45, 7) is 2.87. The Bertz CT molecular complexity index is 774. The van der Waals surface area contributed by atoms with Gasteiger partial charge in [-0.1, -0.05) is 6.07 Å². The number of piperidine rings is 1. The van der Waals surface area contributed by atoms with E-state index >= 15 is 0 Å². The quantitative estimate of drug-likeness (QED) is 0.798. The van der Waals surface area contributed by atoms with Gasteiger partial charge >= 0.3 is 0 Å². The molecule has 3 fully saturated rings. The van der Waals surface area contributed by atoms with Crippen molar-refractivity contribution in [3.63, 3.8) is 0 Å². The van der Waals surface area contributed by atoms with Crippen molar-refractivity contribution in [1.29, 1.82) is 0 Å². The number of likely N-dealkylation sites (tertiary alicyclic amines) is 1. The molecule has 2 unspecified atom stereocenters. The molecule has 2 heterocycles. The summed E-state index contributed by atoms with van der Waals surface area (Å²) >= 11 is 0. The maximum Gasteiger partial charge on any atom is 0.134 e. The summed E-state index contributed by atoms with van der Waals surface area (Å²) in [5.41, 5.74) is 2.09. The summed E-state index contributed by atoms with van der Waals surface area (Å²) in [5, 5.41) is 0. The first-order chi connectivity index (χ1) is 13.6. The lowest BCUT2D eigenvalue weighted by atomic mass is 9.49. The number of methoxy groups -OCH3 is 2. The van der Waals surface area contributed by atoms with Gasteiger partial charge in [-0.15, -0.1) is 0 Å². The summed E-state index contributed by atoms with van der Waals surface area (Å²) in [6.07, 6.45) is 6.60. The van der Waals surface area contributed by atoms with Crippen LogP contribution in [0.2, 0.25) is 0 Å². The average Bonchev–Trinajstić information content (AvgIpc) is 3.22. The fourth-order valence-corrected chi connectivity index (χ4v) is 6.68. The van der Waals surface area contributed by atoms with Crippen LogP contribution >= 0.6 is 0 Å². The summed E-state index contributed by atoms with van der Waals surface area (Å²) in [4.78, 5) is 15.3. The normalized spacial score (nSPS) is 37.4. The molecule has 2 aliphatic carbocycles. The number of fused-ring (bicyclic) bond motifs is 1. The maximum atomic E-state index is 12.7. The lowest BCUT2D eigenvalue weighted by Crippen LogP contribution is -2.74. The Morgan fingerprint density at radius 2 is 2.18 bits per heavy atom. The highest BCUT2D eigenvalue weighted by atomic mass is 16.5. The standard InChI is InChI=1S/C23H31NO4/c1-26-18-6-5-16-12-21-23(27-2)8-7-17(25)14-22(23,20(16)13-18)9-10-24(21)15-19-4-3-11-28-19/h5-6,13,19,21H,3-4,7-12,14-15H2,1-2H3/t19?,21-,22-,23?/m1/s1. The van der Waals surface area contributed by atoms with Gasteiger partial charge in [-0.05, 0) is 61.9 Å². The van der Waals surface area contributed by atoms with E-state index in [0.717, 1.165) is 51.1 Å². The molecule has 5 heteroatoms. The lowest BCUT2D eigenvalue weighted by molar-refractivity contribution is -0.190. The predicted octanol–water partition coefficient (Wildman–Crippen LogP) is 2.88. The van der Waals surface area contributed by atoms with Crippen molar-refractivity contribution >= 4 is 5.78 Å². The molecule has 152 valence electrons. The molecule has 28 heavy (non-hydrogen) atoms. The van der Waals surface area contributed by atoms with Crippen molar-refractivity contribution in [3.8, 4) is 5.75 Å². The van der Waals surface area contributed by atoms with Gasteiger partial charge in [-0.25, -0.2) is 0 Å². The van der Waals surface area contributed by atoms with E-state index in [1.807, 2.05) is 7.11 Å². The monoisotopic (exact) mass is 385 g/mol. The molecule has 0 amide bonds. The average molecular weight is 386 g/mol. The molecule has 5 rings (SSSR count). The van der Waals surface area contributed by atoms with Crippen molar-refractivity contribution in [2.24, 2.45) is 0 Å². The Hall–Kier alpha value is -1.43. The van der Waals surface area contributed by atoms with Gasteiger partial charge in [0.25, 0.3) is 0 Å². The summed E-state index contributed by atoms with van der Waals surface area (Å²) in [7, 11) is 3.57. The minimum atomic E-state index is -0.308. The highest BCUT2D eigenvalue weighted by molar-refractivity contribution is 5.82. The van der Waals surface area contributed by atoms with E-state index in [1.165, 1.54) is 17.5 Å². The second-order valence-electron chi connectivity index (χ2n) is 9.01. The smallest absolute Gasteiger partial charge is 0.134 e. The van der Waals surface area contributed by atoms with Gasteiger partial charge < -0.3 is 14.2 Å². The van der Waals surface area contributed by atoms with Gasteiger partial charge in [0, 0.05) is 44.6 Å². The van der Waals surface area contributed by atoms with E-state index in [2.05, 4.69) is 23.1 Å². The van der Waals surface area contributed by atoms with E-state index in [9.17, 15) is 4.79 Å². The molecule has 0 radical (unpaired) electrons. The van der Waals surface area contributed by atoms with Crippen LogP contribution in [0.3, 0.4) is 0 Å². The van der Waals surface area contributed by atoms with Crippen LogP contribution in [-0.4, -0.2) is 62.3 Å². The molecular weight excluding hydrogens is 354 g/mol. The fourth-order valence-electron chi connectivity index (χ4n) is 6.68. The molecule has 1 aromatic rings. The van der Waals surface area contributed by atoms with Crippen molar-refractivity contribution in [3.05, 3.63) is 29.3 Å². The highest BCUT2D eigenvalue weighted by Crippen LogP contribution is 2.59. The molecule has 2 saturated heterocycles. The Morgan fingerprint density at radius 3 is 2.93 bits per heavy atom. The molecule has 4 atom stereocenters. The van der Waals surface area contributed by atoms with Crippen LogP contribution in [0.1, 0.15) is 49.7 Å². The number of carbonyl (C=O) groups excluding carboxylic acids is 1. The summed E-state index contributed by atoms with van der Waals surface area (Å²) < 4.78 is 17.9. The lowest BCUT2D eigenvalue weighted by Gasteiger charge is -2.65. The van der Waals surface area contributed by atoms with Crippen molar-refractivity contribution in [2.75, 3.05) is 33.9 Å². The predicted molar refractivity (Wildman–Crippen MR) is 106 cm³/mol. The minimum absolute atomic E-state index is 0.239. The van der Waals surface area contributed by atoms with Crippen LogP contribution in [0.5, 0.6) is 5.75 Å². The molecule has 1 aromatic carbocycles. The number of Topliss-reactive ketones (excluding diaryl/α,β-unsaturated/α-hetero) is 1.